The third kappa shape index (κ3) is 4.42. The number of rotatable bonds is 7. The molecule has 0 spiro atoms. The summed E-state index contributed by atoms with van der Waals surface area (Å²) in [6, 6.07) is 0.635. The van der Waals surface area contributed by atoms with Crippen LogP contribution < -0.4 is 5.73 Å². The van der Waals surface area contributed by atoms with E-state index in [0.29, 0.717) is 6.04 Å². The number of likely N-dealkylation sites (tertiary alicyclic amines) is 1. The van der Waals surface area contributed by atoms with Crippen LogP contribution in [0.4, 0.5) is 0 Å². The highest BCUT2D eigenvalue weighted by Gasteiger charge is 2.40. The van der Waals surface area contributed by atoms with E-state index in [-0.39, 0.29) is 5.54 Å². The summed E-state index contributed by atoms with van der Waals surface area (Å²) in [5, 5.41) is 0. The quantitative estimate of drug-likeness (QED) is 0.751. The van der Waals surface area contributed by atoms with Crippen molar-refractivity contribution in [2.75, 3.05) is 53.9 Å². The lowest BCUT2D eigenvalue weighted by Gasteiger charge is -2.50. The number of piperidine rings is 1. The van der Waals surface area contributed by atoms with Gasteiger partial charge < -0.3 is 15.5 Å². The summed E-state index contributed by atoms with van der Waals surface area (Å²) < 4.78 is 0. The monoisotopic (exact) mass is 270 g/mol. The Hall–Kier alpha value is -0.160. The second kappa shape index (κ2) is 7.58. The Morgan fingerprint density at radius 1 is 1.26 bits per heavy atom. The van der Waals surface area contributed by atoms with Crippen LogP contribution in [0.15, 0.2) is 0 Å². The van der Waals surface area contributed by atoms with Crippen molar-refractivity contribution in [3.8, 4) is 0 Å². The van der Waals surface area contributed by atoms with Gasteiger partial charge in [0.25, 0.3) is 0 Å². The molecular weight excluding hydrogens is 236 g/mol. The molecule has 4 nitrogen and oxygen atoms in total. The maximum Gasteiger partial charge on any atom is 0.0359 e. The van der Waals surface area contributed by atoms with Gasteiger partial charge in [-0.25, -0.2) is 0 Å². The van der Waals surface area contributed by atoms with Gasteiger partial charge in [-0.3, -0.25) is 4.90 Å². The van der Waals surface area contributed by atoms with Crippen molar-refractivity contribution in [3.63, 3.8) is 0 Å². The molecule has 1 rings (SSSR count). The second-order valence-electron chi connectivity index (χ2n) is 6.50. The highest BCUT2D eigenvalue weighted by atomic mass is 15.3. The van der Waals surface area contributed by atoms with E-state index in [0.717, 1.165) is 19.6 Å². The van der Waals surface area contributed by atoms with Crippen molar-refractivity contribution in [3.05, 3.63) is 0 Å². The maximum absolute atomic E-state index is 6.21. The van der Waals surface area contributed by atoms with Crippen LogP contribution in [0.25, 0.3) is 0 Å². The van der Waals surface area contributed by atoms with Crippen LogP contribution in [-0.4, -0.2) is 80.1 Å². The molecule has 1 fully saturated rings. The normalized spacial score (nSPS) is 29.4. The molecule has 19 heavy (non-hydrogen) atoms. The highest BCUT2D eigenvalue weighted by Crippen LogP contribution is 2.31. The van der Waals surface area contributed by atoms with E-state index in [9.17, 15) is 0 Å². The Morgan fingerprint density at radius 2 is 1.95 bits per heavy atom. The molecule has 2 atom stereocenters. The molecule has 0 radical (unpaired) electrons. The van der Waals surface area contributed by atoms with Gasteiger partial charge in [0.15, 0.2) is 0 Å². The summed E-state index contributed by atoms with van der Waals surface area (Å²) >= 11 is 0. The van der Waals surface area contributed by atoms with Crippen LogP contribution in [0.2, 0.25) is 0 Å². The van der Waals surface area contributed by atoms with Gasteiger partial charge in [0.1, 0.15) is 0 Å². The molecular formula is C15H34N4. The Kier molecular flexibility index (Phi) is 6.74. The van der Waals surface area contributed by atoms with Gasteiger partial charge in [-0.05, 0) is 60.4 Å². The van der Waals surface area contributed by atoms with Crippen LogP contribution in [0.5, 0.6) is 0 Å². The molecule has 114 valence electrons. The fourth-order valence-corrected chi connectivity index (χ4v) is 3.19. The lowest BCUT2D eigenvalue weighted by Crippen LogP contribution is -2.62. The largest absolute Gasteiger partial charge is 0.329 e. The molecule has 2 N–H and O–H groups in total. The predicted octanol–water partition coefficient (Wildman–Crippen LogP) is 1.07. The fraction of sp³-hybridized carbons (Fsp3) is 1.00. The van der Waals surface area contributed by atoms with Gasteiger partial charge in [0.05, 0.1) is 0 Å². The van der Waals surface area contributed by atoms with Crippen molar-refractivity contribution >= 4 is 0 Å². The Morgan fingerprint density at radius 3 is 2.42 bits per heavy atom. The van der Waals surface area contributed by atoms with E-state index >= 15 is 0 Å². The Labute approximate surface area is 119 Å². The lowest BCUT2D eigenvalue weighted by atomic mass is 9.82. The van der Waals surface area contributed by atoms with Crippen LogP contribution >= 0.6 is 0 Å². The van der Waals surface area contributed by atoms with E-state index in [1.165, 1.54) is 32.4 Å². The second-order valence-corrected chi connectivity index (χ2v) is 6.50. The lowest BCUT2D eigenvalue weighted by molar-refractivity contribution is 0.00718. The van der Waals surface area contributed by atoms with Crippen molar-refractivity contribution in [2.24, 2.45) is 5.73 Å². The molecule has 0 saturated carbocycles. The van der Waals surface area contributed by atoms with E-state index < -0.39 is 0 Å². The summed E-state index contributed by atoms with van der Waals surface area (Å²) in [6.45, 7) is 9.98. The van der Waals surface area contributed by atoms with E-state index in [2.05, 4.69) is 49.7 Å². The first-order chi connectivity index (χ1) is 8.95. The molecule has 1 saturated heterocycles. The number of hydrogen-bond donors (Lipinski definition) is 1. The van der Waals surface area contributed by atoms with Gasteiger partial charge in [-0.2, -0.15) is 0 Å². The third-order valence-electron chi connectivity index (χ3n) is 4.72. The summed E-state index contributed by atoms with van der Waals surface area (Å²) in [5.41, 5.74) is 6.43. The Bertz CT molecular complexity index is 257. The molecule has 0 aromatic rings. The standard InChI is InChI=1S/C15H34N4/c1-6-8-19(11-10-17(3)4)15(13-16)7-9-18(5)14(2)12-15/h14H,6-13,16H2,1-5H3. The van der Waals surface area contributed by atoms with E-state index in [4.69, 9.17) is 5.73 Å². The summed E-state index contributed by atoms with van der Waals surface area (Å²) in [7, 11) is 6.53. The van der Waals surface area contributed by atoms with Crippen LogP contribution in [0.3, 0.4) is 0 Å². The molecule has 0 bridgehead atoms. The SMILES string of the molecule is CCCN(CCN(C)C)C1(CN)CCN(C)C(C)C1. The van der Waals surface area contributed by atoms with Crippen molar-refractivity contribution in [1.29, 1.82) is 0 Å². The van der Waals surface area contributed by atoms with Gasteiger partial charge in [-0.1, -0.05) is 6.92 Å². The third-order valence-corrected chi connectivity index (χ3v) is 4.72. The predicted molar refractivity (Wildman–Crippen MR) is 83.5 cm³/mol. The number of nitrogens with zero attached hydrogens (tertiary/aromatic N) is 3. The minimum absolute atomic E-state index is 0.220. The number of hydrogen-bond acceptors (Lipinski definition) is 4. The summed E-state index contributed by atoms with van der Waals surface area (Å²) in [6.07, 6.45) is 3.62. The van der Waals surface area contributed by atoms with Gasteiger partial charge >= 0.3 is 0 Å². The first-order valence-electron chi connectivity index (χ1n) is 7.75. The van der Waals surface area contributed by atoms with Crippen LogP contribution in [0.1, 0.15) is 33.1 Å². The first-order valence-corrected chi connectivity index (χ1v) is 7.75. The van der Waals surface area contributed by atoms with E-state index in [1.807, 2.05) is 0 Å². The van der Waals surface area contributed by atoms with Gasteiger partial charge in [-0.15, -0.1) is 0 Å². The van der Waals surface area contributed by atoms with Gasteiger partial charge in [0.2, 0.25) is 0 Å². The molecule has 1 aliphatic heterocycles. The molecule has 0 aromatic heterocycles. The maximum atomic E-state index is 6.21. The molecule has 1 heterocycles. The smallest absolute Gasteiger partial charge is 0.0359 e. The number of likely N-dealkylation sites (N-methyl/N-ethyl adjacent to an activating group) is 1. The van der Waals surface area contributed by atoms with Crippen molar-refractivity contribution in [2.45, 2.75) is 44.7 Å². The molecule has 0 amide bonds. The molecule has 0 aromatic carbocycles. The minimum Gasteiger partial charge on any atom is -0.329 e. The zero-order chi connectivity index (χ0) is 14.5. The van der Waals surface area contributed by atoms with Crippen molar-refractivity contribution in [1.82, 2.24) is 14.7 Å². The van der Waals surface area contributed by atoms with Crippen LogP contribution in [0, 0.1) is 0 Å². The first kappa shape index (κ1) is 16.9. The summed E-state index contributed by atoms with van der Waals surface area (Å²) in [4.78, 5) is 7.39. The fourth-order valence-electron chi connectivity index (χ4n) is 3.19. The molecule has 0 aliphatic carbocycles. The van der Waals surface area contributed by atoms with Gasteiger partial charge in [0, 0.05) is 31.2 Å². The van der Waals surface area contributed by atoms with Crippen molar-refractivity contribution < 1.29 is 0 Å². The average molecular weight is 270 g/mol. The molecule has 2 unspecified atom stereocenters. The zero-order valence-electron chi connectivity index (χ0n) is 13.7. The van der Waals surface area contributed by atoms with E-state index in [1.54, 1.807) is 0 Å². The zero-order valence-corrected chi connectivity index (χ0v) is 13.7. The highest BCUT2D eigenvalue weighted by molar-refractivity contribution is 4.98. The van der Waals surface area contributed by atoms with Crippen LogP contribution in [-0.2, 0) is 0 Å². The molecule has 4 heteroatoms. The Balaban J connectivity index is 2.76. The number of nitrogens with two attached hydrogens (primary N) is 1. The summed E-state index contributed by atoms with van der Waals surface area (Å²) in [5.74, 6) is 0. The topological polar surface area (TPSA) is 35.7 Å². The molecule has 1 aliphatic rings. The average Bonchev–Trinajstić information content (AvgIpc) is 2.38. The minimum atomic E-state index is 0.220.